The fraction of sp³-hybridized carbons (Fsp3) is 0.333. The first kappa shape index (κ1) is 15.5. The van der Waals surface area contributed by atoms with Crippen LogP contribution in [0.1, 0.15) is 30.6 Å². The maximum atomic E-state index is 13.8. The van der Waals surface area contributed by atoms with Gasteiger partial charge in [0.15, 0.2) is 0 Å². The van der Waals surface area contributed by atoms with Crippen LogP contribution in [0.15, 0.2) is 48.5 Å². The topological polar surface area (TPSA) is 23.5 Å². The van der Waals surface area contributed by atoms with E-state index in [1.807, 2.05) is 49.1 Å². The lowest BCUT2D eigenvalue weighted by molar-refractivity contribution is 0.169. The van der Waals surface area contributed by atoms with Gasteiger partial charge in [0.2, 0.25) is 0 Å². The predicted octanol–water partition coefficient (Wildman–Crippen LogP) is 4.08. The van der Waals surface area contributed by atoms with Gasteiger partial charge in [0.1, 0.15) is 5.82 Å². The molecular formula is C18H22FNO. The van der Waals surface area contributed by atoms with Crippen LogP contribution in [0.25, 0.3) is 0 Å². The highest BCUT2D eigenvalue weighted by Gasteiger charge is 2.13. The smallest absolute Gasteiger partial charge is 0.146 e. The molecule has 2 aromatic rings. The summed E-state index contributed by atoms with van der Waals surface area (Å²) in [5, 5.41) is 10.3. The summed E-state index contributed by atoms with van der Waals surface area (Å²) in [6.07, 6.45) is 0.0528. The molecule has 112 valence electrons. The molecular weight excluding hydrogens is 265 g/mol. The molecule has 0 aromatic heterocycles. The molecule has 2 rings (SSSR count). The highest BCUT2D eigenvalue weighted by atomic mass is 19.1. The summed E-state index contributed by atoms with van der Waals surface area (Å²) in [6, 6.07) is 14.6. The van der Waals surface area contributed by atoms with Gasteiger partial charge in [0.25, 0.3) is 0 Å². The monoisotopic (exact) mass is 287 g/mol. The molecule has 1 N–H and O–H groups in total. The lowest BCUT2D eigenvalue weighted by Crippen LogP contribution is -2.26. The third kappa shape index (κ3) is 4.05. The highest BCUT2D eigenvalue weighted by Crippen LogP contribution is 2.22. The van der Waals surface area contributed by atoms with Crippen molar-refractivity contribution in [3.8, 4) is 0 Å². The summed E-state index contributed by atoms with van der Waals surface area (Å²) in [6.45, 7) is 5.34. The summed E-state index contributed by atoms with van der Waals surface area (Å²) < 4.78 is 13.8. The number of anilines is 1. The minimum Gasteiger partial charge on any atom is -0.388 e. The highest BCUT2D eigenvalue weighted by molar-refractivity contribution is 5.47. The Kier molecular flexibility index (Phi) is 5.34. The zero-order chi connectivity index (χ0) is 15.2. The average molecular weight is 287 g/mol. The summed E-state index contributed by atoms with van der Waals surface area (Å²) in [7, 11) is 0. The molecule has 0 spiro atoms. The Morgan fingerprint density at radius 2 is 1.76 bits per heavy atom. The van der Waals surface area contributed by atoms with Crippen molar-refractivity contribution < 1.29 is 9.50 Å². The van der Waals surface area contributed by atoms with Crippen molar-refractivity contribution in [3.63, 3.8) is 0 Å². The molecule has 0 radical (unpaired) electrons. The largest absolute Gasteiger partial charge is 0.388 e. The van der Waals surface area contributed by atoms with Gasteiger partial charge in [-0.25, -0.2) is 4.39 Å². The van der Waals surface area contributed by atoms with E-state index >= 15 is 0 Å². The summed E-state index contributed by atoms with van der Waals surface area (Å²) in [5.74, 6) is -0.218. The number of aliphatic hydroxyl groups is 1. The van der Waals surface area contributed by atoms with E-state index in [0.717, 1.165) is 5.56 Å². The van der Waals surface area contributed by atoms with Crippen molar-refractivity contribution in [2.24, 2.45) is 0 Å². The quantitative estimate of drug-likeness (QED) is 0.865. The second-order valence-electron chi connectivity index (χ2n) is 5.25. The van der Waals surface area contributed by atoms with Gasteiger partial charge in [-0.05, 0) is 38.0 Å². The first-order valence-corrected chi connectivity index (χ1v) is 7.36. The summed E-state index contributed by atoms with van der Waals surface area (Å²) in [4.78, 5) is 1.95. The van der Waals surface area contributed by atoms with Crippen molar-refractivity contribution in [1.29, 1.82) is 0 Å². The van der Waals surface area contributed by atoms with Crippen LogP contribution in [0.2, 0.25) is 0 Å². The molecule has 2 aromatic carbocycles. The van der Waals surface area contributed by atoms with Crippen molar-refractivity contribution in [2.75, 3.05) is 18.0 Å². The molecule has 0 heterocycles. The molecule has 21 heavy (non-hydrogen) atoms. The summed E-state index contributed by atoms with van der Waals surface area (Å²) in [5.41, 5.74) is 2.67. The van der Waals surface area contributed by atoms with Gasteiger partial charge < -0.3 is 10.0 Å². The number of aryl methyl sites for hydroxylation is 1. The predicted molar refractivity (Wildman–Crippen MR) is 85.0 cm³/mol. The fourth-order valence-electron chi connectivity index (χ4n) is 2.39. The number of hydrogen-bond acceptors (Lipinski definition) is 2. The van der Waals surface area contributed by atoms with Crippen LogP contribution in [0.3, 0.4) is 0 Å². The van der Waals surface area contributed by atoms with E-state index in [-0.39, 0.29) is 5.82 Å². The Hall–Kier alpha value is -1.87. The second kappa shape index (κ2) is 7.23. The van der Waals surface area contributed by atoms with E-state index in [9.17, 15) is 9.50 Å². The second-order valence-corrected chi connectivity index (χ2v) is 5.25. The molecule has 0 aliphatic heterocycles. The van der Waals surface area contributed by atoms with Gasteiger partial charge in [0.05, 0.1) is 11.8 Å². The van der Waals surface area contributed by atoms with Crippen molar-refractivity contribution in [3.05, 3.63) is 65.5 Å². The maximum absolute atomic E-state index is 13.8. The van der Waals surface area contributed by atoms with Crippen molar-refractivity contribution in [1.82, 2.24) is 0 Å². The average Bonchev–Trinajstić information content (AvgIpc) is 2.50. The number of nitrogens with zero attached hydrogens (tertiary/aromatic N) is 1. The third-order valence-electron chi connectivity index (χ3n) is 3.71. The number of aliphatic hydroxyl groups excluding tert-OH is 1. The molecule has 0 fully saturated rings. The molecule has 3 heteroatoms. The lowest BCUT2D eigenvalue weighted by Gasteiger charge is -2.25. The van der Waals surface area contributed by atoms with E-state index in [4.69, 9.17) is 0 Å². The first-order valence-electron chi connectivity index (χ1n) is 7.36. The number of benzene rings is 2. The Morgan fingerprint density at radius 1 is 1.10 bits per heavy atom. The van der Waals surface area contributed by atoms with Crippen molar-refractivity contribution in [2.45, 2.75) is 26.4 Å². The van der Waals surface area contributed by atoms with E-state index in [0.29, 0.717) is 25.2 Å². The van der Waals surface area contributed by atoms with E-state index < -0.39 is 6.10 Å². The number of halogens is 1. The van der Waals surface area contributed by atoms with Crippen LogP contribution in [-0.4, -0.2) is 18.2 Å². The van der Waals surface area contributed by atoms with E-state index in [2.05, 4.69) is 0 Å². The molecule has 0 saturated heterocycles. The first-order chi connectivity index (χ1) is 10.1. The van der Waals surface area contributed by atoms with E-state index in [1.54, 1.807) is 12.1 Å². The number of hydrogen-bond donors (Lipinski definition) is 1. The van der Waals surface area contributed by atoms with Gasteiger partial charge in [-0.3, -0.25) is 0 Å². The fourth-order valence-corrected chi connectivity index (χ4v) is 2.39. The molecule has 0 saturated carbocycles. The van der Waals surface area contributed by atoms with Crippen LogP contribution in [0, 0.1) is 12.7 Å². The normalized spacial score (nSPS) is 12.2. The summed E-state index contributed by atoms with van der Waals surface area (Å²) >= 11 is 0. The lowest BCUT2D eigenvalue weighted by atomic mass is 10.0. The minimum absolute atomic E-state index is 0.218. The standard InChI is InChI=1S/C18H22FNO/c1-3-20(17-7-5-4-6-16(17)19)13-12-18(21)15-10-8-14(2)9-11-15/h4-11,18,21H,3,12-13H2,1-2H3. The Labute approximate surface area is 125 Å². The molecule has 1 atom stereocenters. The van der Waals surface area contributed by atoms with Gasteiger partial charge in [-0.1, -0.05) is 42.0 Å². The van der Waals surface area contributed by atoms with Crippen molar-refractivity contribution >= 4 is 5.69 Å². The zero-order valence-electron chi connectivity index (χ0n) is 12.6. The van der Waals surface area contributed by atoms with Gasteiger partial charge in [0, 0.05) is 13.1 Å². The van der Waals surface area contributed by atoms with Crippen LogP contribution < -0.4 is 4.90 Å². The van der Waals surface area contributed by atoms with Gasteiger partial charge in [-0.2, -0.15) is 0 Å². The van der Waals surface area contributed by atoms with Gasteiger partial charge >= 0.3 is 0 Å². The molecule has 0 bridgehead atoms. The Balaban J connectivity index is 2.00. The van der Waals surface area contributed by atoms with Crippen LogP contribution in [0.5, 0.6) is 0 Å². The number of para-hydroxylation sites is 1. The van der Waals surface area contributed by atoms with Crippen LogP contribution in [-0.2, 0) is 0 Å². The van der Waals surface area contributed by atoms with E-state index in [1.165, 1.54) is 11.6 Å². The van der Waals surface area contributed by atoms with Crippen LogP contribution >= 0.6 is 0 Å². The SMILES string of the molecule is CCN(CCC(O)c1ccc(C)cc1)c1ccccc1F. The van der Waals surface area contributed by atoms with Gasteiger partial charge in [-0.15, -0.1) is 0 Å². The Bertz CT molecular complexity index is 568. The number of rotatable bonds is 6. The zero-order valence-corrected chi connectivity index (χ0v) is 12.6. The molecule has 1 unspecified atom stereocenters. The minimum atomic E-state index is -0.522. The Morgan fingerprint density at radius 3 is 2.38 bits per heavy atom. The van der Waals surface area contributed by atoms with Crippen LogP contribution in [0.4, 0.5) is 10.1 Å². The molecule has 0 aliphatic carbocycles. The maximum Gasteiger partial charge on any atom is 0.146 e. The third-order valence-corrected chi connectivity index (χ3v) is 3.71. The molecule has 0 amide bonds. The molecule has 2 nitrogen and oxygen atoms in total. The molecule has 0 aliphatic rings.